The van der Waals surface area contributed by atoms with E-state index in [9.17, 15) is 4.79 Å². The smallest absolute Gasteiger partial charge is 0.366 e. The third kappa shape index (κ3) is 7.44. The van der Waals surface area contributed by atoms with Crippen LogP contribution in [0.1, 0.15) is 58.1 Å². The molecule has 1 saturated heterocycles. The SMILES string of the molecule is COC(=O)C1(C)OCC(CCCCON=C(C)c2ccc(CC(C)C)cc2)CO1. The predicted octanol–water partition coefficient (Wildman–Crippen LogP) is 4.35. The average Bonchev–Trinajstić information content (AvgIpc) is 2.71. The first-order valence-electron chi connectivity index (χ1n) is 10.5. The molecule has 1 heterocycles. The second kappa shape index (κ2) is 11.3. The van der Waals surface area contributed by atoms with E-state index in [-0.39, 0.29) is 5.92 Å². The number of carbonyl (C=O) groups is 1. The number of hydrogen-bond donors (Lipinski definition) is 0. The Kier molecular flexibility index (Phi) is 9.11. The molecule has 0 radical (unpaired) electrons. The molecule has 162 valence electrons. The topological polar surface area (TPSA) is 66.4 Å². The van der Waals surface area contributed by atoms with E-state index < -0.39 is 11.8 Å². The molecule has 1 aliphatic heterocycles. The summed E-state index contributed by atoms with van der Waals surface area (Å²) < 4.78 is 15.8. The van der Waals surface area contributed by atoms with Gasteiger partial charge in [-0.15, -0.1) is 0 Å². The van der Waals surface area contributed by atoms with Gasteiger partial charge in [-0.2, -0.15) is 0 Å². The fourth-order valence-electron chi connectivity index (χ4n) is 3.26. The van der Waals surface area contributed by atoms with Gasteiger partial charge in [0.05, 0.1) is 26.0 Å². The van der Waals surface area contributed by atoms with Gasteiger partial charge >= 0.3 is 5.97 Å². The van der Waals surface area contributed by atoms with Crippen LogP contribution in [0.5, 0.6) is 0 Å². The molecule has 0 amide bonds. The summed E-state index contributed by atoms with van der Waals surface area (Å²) in [6.45, 7) is 9.59. The van der Waals surface area contributed by atoms with Gasteiger partial charge in [-0.05, 0) is 49.7 Å². The van der Waals surface area contributed by atoms with Gasteiger partial charge in [-0.1, -0.05) is 43.3 Å². The van der Waals surface area contributed by atoms with Crippen LogP contribution in [0, 0.1) is 11.8 Å². The number of hydrogen-bond acceptors (Lipinski definition) is 6. The maximum atomic E-state index is 11.6. The Morgan fingerprint density at radius 2 is 1.86 bits per heavy atom. The van der Waals surface area contributed by atoms with Gasteiger partial charge in [0.25, 0.3) is 5.79 Å². The fraction of sp³-hybridized carbons (Fsp3) is 0.652. The number of unbranched alkanes of at least 4 members (excludes halogenated alkanes) is 1. The first kappa shape index (κ1) is 23.4. The lowest BCUT2D eigenvalue weighted by molar-refractivity contribution is -0.272. The van der Waals surface area contributed by atoms with Gasteiger partial charge in [0.1, 0.15) is 6.61 Å². The summed E-state index contributed by atoms with van der Waals surface area (Å²) in [6, 6.07) is 8.53. The highest BCUT2D eigenvalue weighted by molar-refractivity contribution is 5.98. The van der Waals surface area contributed by atoms with E-state index in [1.54, 1.807) is 6.92 Å². The fourth-order valence-corrected chi connectivity index (χ4v) is 3.26. The van der Waals surface area contributed by atoms with Crippen LogP contribution in [0.15, 0.2) is 29.4 Å². The summed E-state index contributed by atoms with van der Waals surface area (Å²) >= 11 is 0. The lowest BCUT2D eigenvalue weighted by Gasteiger charge is -2.35. The van der Waals surface area contributed by atoms with Crippen molar-refractivity contribution in [2.24, 2.45) is 17.0 Å². The average molecular weight is 406 g/mol. The maximum Gasteiger partial charge on any atom is 0.366 e. The van der Waals surface area contributed by atoms with E-state index in [0.29, 0.717) is 25.7 Å². The summed E-state index contributed by atoms with van der Waals surface area (Å²) in [5.74, 6) is -0.828. The lowest BCUT2D eigenvalue weighted by atomic mass is 10.0. The number of carbonyl (C=O) groups excluding carboxylic acids is 1. The van der Waals surface area contributed by atoms with Crippen LogP contribution in [0.2, 0.25) is 0 Å². The molecule has 0 N–H and O–H groups in total. The molecule has 0 saturated carbocycles. The van der Waals surface area contributed by atoms with Crippen LogP contribution in [0.25, 0.3) is 0 Å². The van der Waals surface area contributed by atoms with Crippen molar-refractivity contribution in [2.45, 2.75) is 59.2 Å². The quantitative estimate of drug-likeness (QED) is 0.251. The Morgan fingerprint density at radius 3 is 2.45 bits per heavy atom. The van der Waals surface area contributed by atoms with Crippen LogP contribution < -0.4 is 0 Å². The molecular formula is C23H35NO5. The highest BCUT2D eigenvalue weighted by Gasteiger charge is 2.41. The van der Waals surface area contributed by atoms with Crippen LogP contribution in [-0.4, -0.2) is 44.4 Å². The molecule has 0 atom stereocenters. The minimum Gasteiger partial charge on any atom is -0.465 e. The van der Waals surface area contributed by atoms with Gasteiger partial charge < -0.3 is 19.0 Å². The summed E-state index contributed by atoms with van der Waals surface area (Å²) in [7, 11) is 1.33. The van der Waals surface area contributed by atoms with E-state index in [1.165, 1.54) is 12.7 Å². The van der Waals surface area contributed by atoms with E-state index in [2.05, 4.69) is 43.3 Å². The highest BCUT2D eigenvalue weighted by Crippen LogP contribution is 2.25. The first-order valence-corrected chi connectivity index (χ1v) is 10.5. The number of nitrogens with zero attached hydrogens (tertiary/aromatic N) is 1. The molecule has 2 rings (SSSR count). The first-order chi connectivity index (χ1) is 13.8. The van der Waals surface area contributed by atoms with Crippen LogP contribution in [0.3, 0.4) is 0 Å². The number of rotatable bonds is 10. The molecule has 1 aromatic carbocycles. The monoisotopic (exact) mass is 405 g/mol. The number of oxime groups is 1. The standard InChI is InChI=1S/C23H35NO5/c1-17(2)14-19-9-11-21(12-10-19)18(3)24-29-13-7-6-8-20-15-27-23(4,28-16-20)22(25)26-5/h9-12,17,20H,6-8,13-16H2,1-5H3. The summed E-state index contributed by atoms with van der Waals surface area (Å²) in [5, 5.41) is 4.23. The van der Waals surface area contributed by atoms with Crippen molar-refractivity contribution in [3.63, 3.8) is 0 Å². The maximum absolute atomic E-state index is 11.6. The molecule has 1 aliphatic rings. The highest BCUT2D eigenvalue weighted by atomic mass is 16.7. The van der Waals surface area contributed by atoms with Crippen molar-refractivity contribution in [2.75, 3.05) is 26.9 Å². The molecule has 0 aliphatic carbocycles. The van der Waals surface area contributed by atoms with E-state index in [0.717, 1.165) is 37.0 Å². The summed E-state index contributed by atoms with van der Waals surface area (Å²) in [6.07, 6.45) is 3.95. The largest absolute Gasteiger partial charge is 0.465 e. The molecular weight excluding hydrogens is 370 g/mol. The van der Waals surface area contributed by atoms with Gasteiger partial charge in [0.2, 0.25) is 0 Å². The second-order valence-electron chi connectivity index (χ2n) is 8.23. The van der Waals surface area contributed by atoms with Crippen molar-refractivity contribution in [1.29, 1.82) is 0 Å². The van der Waals surface area contributed by atoms with Crippen molar-refractivity contribution in [1.82, 2.24) is 0 Å². The van der Waals surface area contributed by atoms with E-state index in [1.807, 2.05) is 6.92 Å². The normalized spacial score (nSPS) is 22.6. The molecule has 0 aromatic heterocycles. The summed E-state index contributed by atoms with van der Waals surface area (Å²) in [4.78, 5) is 17.1. The minimum absolute atomic E-state index is 0.280. The van der Waals surface area contributed by atoms with Crippen molar-refractivity contribution < 1.29 is 23.8 Å². The number of benzene rings is 1. The van der Waals surface area contributed by atoms with Gasteiger partial charge in [-0.25, -0.2) is 4.79 Å². The van der Waals surface area contributed by atoms with Crippen LogP contribution in [-0.2, 0) is 30.3 Å². The Labute approximate surface area is 174 Å². The third-order valence-corrected chi connectivity index (χ3v) is 5.06. The molecule has 29 heavy (non-hydrogen) atoms. The molecule has 0 bridgehead atoms. The Morgan fingerprint density at radius 1 is 1.21 bits per heavy atom. The van der Waals surface area contributed by atoms with E-state index >= 15 is 0 Å². The predicted molar refractivity (Wildman–Crippen MR) is 113 cm³/mol. The Hall–Kier alpha value is -1.92. The van der Waals surface area contributed by atoms with Crippen LogP contribution >= 0.6 is 0 Å². The van der Waals surface area contributed by atoms with Gasteiger partial charge in [0, 0.05) is 12.8 Å². The minimum atomic E-state index is -1.27. The molecule has 1 fully saturated rings. The number of methoxy groups -OCH3 is 1. The number of ether oxygens (including phenoxy) is 3. The Bertz CT molecular complexity index is 660. The lowest BCUT2D eigenvalue weighted by Crippen LogP contribution is -2.48. The van der Waals surface area contributed by atoms with Crippen molar-refractivity contribution >= 4 is 11.7 Å². The zero-order chi connectivity index (χ0) is 21.3. The summed E-state index contributed by atoms with van der Waals surface area (Å²) in [5.41, 5.74) is 3.32. The van der Waals surface area contributed by atoms with Gasteiger partial charge in [-0.3, -0.25) is 0 Å². The molecule has 6 nitrogen and oxygen atoms in total. The molecule has 0 unspecified atom stereocenters. The second-order valence-corrected chi connectivity index (χ2v) is 8.23. The zero-order valence-electron chi connectivity index (χ0n) is 18.4. The Balaban J connectivity index is 1.62. The third-order valence-electron chi connectivity index (χ3n) is 5.06. The van der Waals surface area contributed by atoms with Gasteiger partial charge in [0.15, 0.2) is 0 Å². The molecule has 6 heteroatoms. The van der Waals surface area contributed by atoms with E-state index in [4.69, 9.17) is 19.0 Å². The van der Waals surface area contributed by atoms with Crippen molar-refractivity contribution in [3.05, 3.63) is 35.4 Å². The molecule has 1 aromatic rings. The molecule has 0 spiro atoms. The zero-order valence-corrected chi connectivity index (χ0v) is 18.4. The van der Waals surface area contributed by atoms with Crippen LogP contribution in [0.4, 0.5) is 0 Å². The van der Waals surface area contributed by atoms with Crippen molar-refractivity contribution in [3.8, 4) is 0 Å². The number of esters is 1.